The molecule has 0 unspecified atom stereocenters. The zero-order chi connectivity index (χ0) is 21.7. The third-order valence-electron chi connectivity index (χ3n) is 4.42. The van der Waals surface area contributed by atoms with E-state index in [-0.39, 0.29) is 25.1 Å². The van der Waals surface area contributed by atoms with Crippen LogP contribution in [0.5, 0.6) is 0 Å². The van der Waals surface area contributed by atoms with Gasteiger partial charge in [0, 0.05) is 24.9 Å². The maximum Gasteiger partial charge on any atom is 0.416 e. The summed E-state index contributed by atoms with van der Waals surface area (Å²) in [7, 11) is 0. The number of carbonyl (C=O) groups is 1. The summed E-state index contributed by atoms with van der Waals surface area (Å²) in [6, 6.07) is 12.1. The van der Waals surface area contributed by atoms with E-state index < -0.39 is 23.2 Å². The van der Waals surface area contributed by atoms with Gasteiger partial charge in [-0.05, 0) is 24.6 Å². The van der Waals surface area contributed by atoms with Crippen LogP contribution < -0.4 is 10.9 Å². The summed E-state index contributed by atoms with van der Waals surface area (Å²) in [5.74, 6) is -0.0750. The van der Waals surface area contributed by atoms with E-state index in [1.165, 1.54) is 12.1 Å². The van der Waals surface area contributed by atoms with Gasteiger partial charge in [-0.15, -0.1) is 10.2 Å². The number of hydrogen-bond donors (Lipinski definition) is 2. The van der Waals surface area contributed by atoms with Crippen LogP contribution in [0.1, 0.15) is 28.8 Å². The number of amides is 1. The predicted molar refractivity (Wildman–Crippen MR) is 104 cm³/mol. The van der Waals surface area contributed by atoms with Crippen LogP contribution in [0.3, 0.4) is 0 Å². The number of nitrogens with zero attached hydrogens (tertiary/aromatic N) is 2. The molecule has 0 radical (unpaired) electrons. The summed E-state index contributed by atoms with van der Waals surface area (Å²) < 4.78 is 38.2. The monoisotopic (exact) mass is 416 g/mol. The smallest absolute Gasteiger partial charge is 0.352 e. The molecule has 0 bridgehead atoms. The molecule has 2 aromatic carbocycles. The first-order valence-electron chi connectivity index (χ1n) is 9.18. The number of alkyl halides is 3. The van der Waals surface area contributed by atoms with Crippen molar-refractivity contribution in [1.29, 1.82) is 0 Å². The second-order valence-corrected chi connectivity index (χ2v) is 6.79. The second-order valence-electron chi connectivity index (χ2n) is 6.79. The summed E-state index contributed by atoms with van der Waals surface area (Å²) in [4.78, 5) is 26.9. The molecule has 3 rings (SSSR count). The number of benzene rings is 2. The topological polar surface area (TPSA) is 87.7 Å². The van der Waals surface area contributed by atoms with Gasteiger partial charge in [0.1, 0.15) is 5.69 Å². The maximum absolute atomic E-state index is 12.7. The summed E-state index contributed by atoms with van der Waals surface area (Å²) in [5, 5.41) is 10.5. The Morgan fingerprint density at radius 1 is 1.10 bits per heavy atom. The van der Waals surface area contributed by atoms with Gasteiger partial charge in [-0.3, -0.25) is 9.59 Å². The number of carbonyl (C=O) groups excluding carboxylic acids is 1. The van der Waals surface area contributed by atoms with Crippen molar-refractivity contribution in [1.82, 2.24) is 20.5 Å². The van der Waals surface area contributed by atoms with E-state index in [0.29, 0.717) is 11.4 Å². The van der Waals surface area contributed by atoms with Crippen LogP contribution in [0.15, 0.2) is 53.3 Å². The molecule has 1 heterocycles. The molecule has 0 aliphatic carbocycles. The molecule has 0 saturated carbocycles. The normalized spacial score (nSPS) is 11.3. The molecule has 0 aliphatic heterocycles. The molecule has 156 valence electrons. The predicted octanol–water partition coefficient (Wildman–Crippen LogP) is 3.41. The Morgan fingerprint density at radius 3 is 2.50 bits per heavy atom. The van der Waals surface area contributed by atoms with E-state index >= 15 is 0 Å². The lowest BCUT2D eigenvalue weighted by atomic mass is 10.1. The van der Waals surface area contributed by atoms with Crippen LogP contribution >= 0.6 is 0 Å². The van der Waals surface area contributed by atoms with E-state index in [9.17, 15) is 22.8 Å². The van der Waals surface area contributed by atoms with Crippen molar-refractivity contribution in [2.75, 3.05) is 0 Å². The van der Waals surface area contributed by atoms with Gasteiger partial charge in [0.2, 0.25) is 5.91 Å². The largest absolute Gasteiger partial charge is 0.416 e. The van der Waals surface area contributed by atoms with Crippen molar-refractivity contribution in [2.45, 2.75) is 32.5 Å². The summed E-state index contributed by atoms with van der Waals surface area (Å²) in [5.41, 5.74) is 1.02. The number of halogens is 3. The van der Waals surface area contributed by atoms with Gasteiger partial charge in [0.25, 0.3) is 5.56 Å². The highest BCUT2D eigenvalue weighted by Gasteiger charge is 2.30. The molecule has 0 atom stereocenters. The van der Waals surface area contributed by atoms with Gasteiger partial charge in [-0.25, -0.2) is 0 Å². The Kier molecular flexibility index (Phi) is 6.29. The molecule has 1 amide bonds. The number of nitrogens with one attached hydrogen (secondary N) is 2. The number of H-pyrrole nitrogens is 1. The van der Waals surface area contributed by atoms with Crippen molar-refractivity contribution in [3.05, 3.63) is 81.3 Å². The molecule has 3 aromatic rings. The Bertz CT molecular complexity index is 1090. The van der Waals surface area contributed by atoms with E-state index in [2.05, 4.69) is 20.5 Å². The van der Waals surface area contributed by atoms with Crippen molar-refractivity contribution < 1.29 is 18.0 Å². The third-order valence-corrected chi connectivity index (χ3v) is 4.42. The Balaban J connectivity index is 1.56. The molecular weight excluding hydrogens is 397 g/mol. The van der Waals surface area contributed by atoms with Crippen molar-refractivity contribution in [3.8, 4) is 11.4 Å². The number of rotatable bonds is 6. The van der Waals surface area contributed by atoms with Gasteiger partial charge < -0.3 is 10.3 Å². The summed E-state index contributed by atoms with van der Waals surface area (Å²) in [6.07, 6.45) is -4.42. The SMILES string of the molecule is Cc1ccc(-c2nnc(CCC(=O)NCc3cccc(C(F)(F)F)c3)c(=O)[nH]2)cc1. The van der Waals surface area contributed by atoms with Crippen LogP contribution in [0.4, 0.5) is 13.2 Å². The van der Waals surface area contributed by atoms with E-state index in [0.717, 1.165) is 23.3 Å². The molecule has 2 N–H and O–H groups in total. The Hall–Kier alpha value is -3.49. The van der Waals surface area contributed by atoms with Crippen LogP contribution in [0, 0.1) is 6.92 Å². The van der Waals surface area contributed by atoms with Gasteiger partial charge in [-0.2, -0.15) is 13.2 Å². The fourth-order valence-electron chi connectivity index (χ4n) is 2.74. The van der Waals surface area contributed by atoms with Gasteiger partial charge in [0.15, 0.2) is 5.82 Å². The van der Waals surface area contributed by atoms with Gasteiger partial charge >= 0.3 is 6.18 Å². The minimum Gasteiger partial charge on any atom is -0.352 e. The average molecular weight is 416 g/mol. The molecule has 1 aromatic heterocycles. The van der Waals surface area contributed by atoms with Crippen LogP contribution in [-0.2, 0) is 23.9 Å². The first-order valence-corrected chi connectivity index (χ1v) is 9.18. The van der Waals surface area contributed by atoms with Crippen LogP contribution in [0.25, 0.3) is 11.4 Å². The highest BCUT2D eigenvalue weighted by atomic mass is 19.4. The summed E-state index contributed by atoms with van der Waals surface area (Å²) >= 11 is 0. The Morgan fingerprint density at radius 2 is 1.83 bits per heavy atom. The van der Waals surface area contributed by atoms with Crippen molar-refractivity contribution >= 4 is 5.91 Å². The molecule has 0 fully saturated rings. The highest BCUT2D eigenvalue weighted by Crippen LogP contribution is 2.29. The molecular formula is C21H19F3N4O2. The molecule has 0 spiro atoms. The van der Waals surface area contributed by atoms with E-state index in [4.69, 9.17) is 0 Å². The zero-order valence-corrected chi connectivity index (χ0v) is 16.1. The van der Waals surface area contributed by atoms with E-state index in [1.54, 1.807) is 0 Å². The first-order chi connectivity index (χ1) is 14.2. The zero-order valence-electron chi connectivity index (χ0n) is 16.1. The van der Waals surface area contributed by atoms with Crippen molar-refractivity contribution in [3.63, 3.8) is 0 Å². The lowest BCUT2D eigenvalue weighted by Crippen LogP contribution is -2.25. The van der Waals surface area contributed by atoms with E-state index in [1.807, 2.05) is 31.2 Å². The number of aryl methyl sites for hydroxylation is 2. The van der Waals surface area contributed by atoms with Crippen LogP contribution in [-0.4, -0.2) is 21.1 Å². The molecule has 6 nitrogen and oxygen atoms in total. The minimum atomic E-state index is -4.44. The maximum atomic E-state index is 12.7. The fourth-order valence-corrected chi connectivity index (χ4v) is 2.74. The lowest BCUT2D eigenvalue weighted by Gasteiger charge is -2.09. The van der Waals surface area contributed by atoms with Gasteiger partial charge in [-0.1, -0.05) is 42.0 Å². The molecule has 30 heavy (non-hydrogen) atoms. The fraction of sp³-hybridized carbons (Fsp3) is 0.238. The van der Waals surface area contributed by atoms with Crippen molar-refractivity contribution in [2.24, 2.45) is 0 Å². The third kappa shape index (κ3) is 5.53. The first kappa shape index (κ1) is 21.2. The molecule has 9 heteroatoms. The number of hydrogen-bond acceptors (Lipinski definition) is 4. The minimum absolute atomic E-state index is 0.0411. The standard InChI is InChI=1S/C21H19F3N4O2/c1-13-5-7-15(8-6-13)19-26-20(30)17(27-28-19)9-10-18(29)25-12-14-3-2-4-16(11-14)21(22,23)24/h2-8,11H,9-10,12H2,1H3,(H,25,29)(H,26,28,30). The van der Waals surface area contributed by atoms with Gasteiger partial charge in [0.05, 0.1) is 5.56 Å². The Labute approximate surface area is 170 Å². The summed E-state index contributed by atoms with van der Waals surface area (Å²) in [6.45, 7) is 1.90. The van der Waals surface area contributed by atoms with Crippen LogP contribution in [0.2, 0.25) is 0 Å². The number of aromatic nitrogens is 3. The highest BCUT2D eigenvalue weighted by molar-refractivity contribution is 5.76. The average Bonchev–Trinajstić information content (AvgIpc) is 2.71. The second kappa shape index (κ2) is 8.89. The molecule has 0 aliphatic rings. The molecule has 0 saturated heterocycles. The lowest BCUT2D eigenvalue weighted by molar-refractivity contribution is -0.137. The number of aromatic amines is 1. The quantitative estimate of drug-likeness (QED) is 0.645.